The largest absolute Gasteiger partial charge is 0.497 e. The van der Waals surface area contributed by atoms with Gasteiger partial charge in [-0.25, -0.2) is 12.8 Å². The molecule has 0 saturated carbocycles. The van der Waals surface area contributed by atoms with E-state index in [0.717, 1.165) is 27.6 Å². The summed E-state index contributed by atoms with van der Waals surface area (Å²) in [6.45, 7) is 7.10. The van der Waals surface area contributed by atoms with Gasteiger partial charge in [0.05, 0.1) is 17.7 Å². The first-order valence-electron chi connectivity index (χ1n) is 13.6. The van der Waals surface area contributed by atoms with Crippen LogP contribution in [0.5, 0.6) is 5.75 Å². The van der Waals surface area contributed by atoms with Crippen molar-refractivity contribution in [2.45, 2.75) is 64.1 Å². The number of hydrogen-bond donors (Lipinski definition) is 1. The van der Waals surface area contributed by atoms with Crippen LogP contribution >= 0.6 is 0 Å². The summed E-state index contributed by atoms with van der Waals surface area (Å²) in [5.74, 6) is -0.960. The molecule has 0 radical (unpaired) electrons. The lowest BCUT2D eigenvalue weighted by Crippen LogP contribution is -2.53. The Morgan fingerprint density at radius 3 is 2.07 bits per heavy atom. The first-order chi connectivity index (χ1) is 19.5. The van der Waals surface area contributed by atoms with Crippen LogP contribution in [0.25, 0.3) is 0 Å². The number of halogens is 1. The predicted octanol–water partition coefficient (Wildman–Crippen LogP) is 5.06. The third-order valence-corrected chi connectivity index (χ3v) is 8.69. The van der Waals surface area contributed by atoms with E-state index in [-0.39, 0.29) is 29.1 Å². The normalized spacial score (nSPS) is 12.7. The minimum atomic E-state index is -4.27. The third-order valence-electron chi connectivity index (χ3n) is 6.90. The Morgan fingerprint density at radius 1 is 0.927 bits per heavy atom. The SMILES string of the molecule is CC[C@@H](C)NC(=O)[C@H](CC)N(Cc1ccc(C)cc1)C(=O)CN(c1ccc(F)cc1)S(=O)(=O)c1ccc(OC)cc1. The molecule has 0 heterocycles. The molecule has 0 saturated heterocycles. The number of carbonyl (C=O) groups excluding carboxylic acids is 2. The summed E-state index contributed by atoms with van der Waals surface area (Å²) >= 11 is 0. The maximum absolute atomic E-state index is 14.0. The highest BCUT2D eigenvalue weighted by Crippen LogP contribution is 2.26. The average Bonchev–Trinajstić information content (AvgIpc) is 2.97. The summed E-state index contributed by atoms with van der Waals surface area (Å²) in [6.07, 6.45) is 1.04. The van der Waals surface area contributed by atoms with Gasteiger partial charge in [0.1, 0.15) is 24.2 Å². The Morgan fingerprint density at radius 2 is 1.54 bits per heavy atom. The van der Waals surface area contributed by atoms with Gasteiger partial charge < -0.3 is 15.0 Å². The predicted molar refractivity (Wildman–Crippen MR) is 158 cm³/mol. The molecule has 3 aromatic carbocycles. The van der Waals surface area contributed by atoms with Crippen molar-refractivity contribution in [3.8, 4) is 5.75 Å². The van der Waals surface area contributed by atoms with E-state index in [2.05, 4.69) is 5.32 Å². The number of benzene rings is 3. The van der Waals surface area contributed by atoms with Gasteiger partial charge in [-0.15, -0.1) is 0 Å². The standard InChI is InChI=1S/C31H38FN3O5S/c1-6-23(4)33-31(37)29(7-2)34(20-24-10-8-22(3)9-11-24)30(36)21-35(26-14-12-25(32)13-15-26)41(38,39)28-18-16-27(40-5)17-19-28/h8-19,23,29H,6-7,20-21H2,1-5H3,(H,33,37)/t23-,29+/m1/s1. The van der Waals surface area contributed by atoms with Crippen molar-refractivity contribution < 1.29 is 27.1 Å². The monoisotopic (exact) mass is 583 g/mol. The molecule has 1 N–H and O–H groups in total. The van der Waals surface area contributed by atoms with E-state index in [0.29, 0.717) is 18.6 Å². The van der Waals surface area contributed by atoms with Gasteiger partial charge >= 0.3 is 0 Å². The van der Waals surface area contributed by atoms with Gasteiger partial charge in [0.15, 0.2) is 0 Å². The smallest absolute Gasteiger partial charge is 0.264 e. The molecule has 0 fully saturated rings. The lowest BCUT2D eigenvalue weighted by atomic mass is 10.1. The van der Waals surface area contributed by atoms with Crippen molar-refractivity contribution in [1.29, 1.82) is 0 Å². The molecular weight excluding hydrogens is 545 g/mol. The van der Waals surface area contributed by atoms with Crippen molar-refractivity contribution in [2.75, 3.05) is 18.0 Å². The van der Waals surface area contributed by atoms with Gasteiger partial charge in [0, 0.05) is 12.6 Å². The topological polar surface area (TPSA) is 96.0 Å². The Labute approximate surface area is 242 Å². The highest BCUT2D eigenvalue weighted by Gasteiger charge is 2.34. The summed E-state index contributed by atoms with van der Waals surface area (Å²) in [6, 6.07) is 17.3. The fourth-order valence-corrected chi connectivity index (χ4v) is 5.68. The summed E-state index contributed by atoms with van der Waals surface area (Å²) in [4.78, 5) is 28.7. The summed E-state index contributed by atoms with van der Waals surface area (Å²) in [5, 5.41) is 2.95. The quantitative estimate of drug-likeness (QED) is 0.304. The van der Waals surface area contributed by atoms with Gasteiger partial charge in [-0.05, 0) is 80.8 Å². The molecule has 41 heavy (non-hydrogen) atoms. The van der Waals surface area contributed by atoms with E-state index >= 15 is 0 Å². The molecule has 2 amide bonds. The van der Waals surface area contributed by atoms with Crippen molar-refractivity contribution >= 4 is 27.5 Å². The van der Waals surface area contributed by atoms with Crippen LogP contribution in [0.3, 0.4) is 0 Å². The molecule has 3 aromatic rings. The zero-order valence-corrected chi connectivity index (χ0v) is 24.9. The maximum Gasteiger partial charge on any atom is 0.264 e. The number of nitrogens with one attached hydrogen (secondary N) is 1. The molecule has 8 nitrogen and oxygen atoms in total. The second kappa shape index (κ2) is 14.1. The van der Waals surface area contributed by atoms with Gasteiger partial charge in [-0.2, -0.15) is 0 Å². The third kappa shape index (κ3) is 8.07. The van der Waals surface area contributed by atoms with Crippen LogP contribution in [0.15, 0.2) is 77.7 Å². The van der Waals surface area contributed by atoms with Gasteiger partial charge in [-0.3, -0.25) is 13.9 Å². The molecular formula is C31H38FN3O5S. The number of rotatable bonds is 13. The van der Waals surface area contributed by atoms with Crippen LogP contribution < -0.4 is 14.4 Å². The molecule has 3 rings (SSSR count). The molecule has 0 aliphatic heterocycles. The number of sulfonamides is 1. The fourth-order valence-electron chi connectivity index (χ4n) is 4.26. The Bertz CT molecular complexity index is 1410. The second-order valence-corrected chi connectivity index (χ2v) is 11.8. The van der Waals surface area contributed by atoms with Crippen molar-refractivity contribution in [2.24, 2.45) is 0 Å². The molecule has 0 spiro atoms. The van der Waals surface area contributed by atoms with Crippen LogP contribution in [-0.4, -0.2) is 50.9 Å². The first kappa shape index (κ1) is 31.6. The Balaban J connectivity index is 2.05. The van der Waals surface area contributed by atoms with Gasteiger partial charge in [0.2, 0.25) is 11.8 Å². The number of amides is 2. The number of hydrogen-bond acceptors (Lipinski definition) is 5. The highest BCUT2D eigenvalue weighted by atomic mass is 32.2. The van der Waals surface area contributed by atoms with E-state index in [4.69, 9.17) is 4.74 Å². The van der Waals surface area contributed by atoms with Crippen LogP contribution in [-0.2, 0) is 26.2 Å². The van der Waals surface area contributed by atoms with Crippen molar-refractivity contribution in [3.63, 3.8) is 0 Å². The number of anilines is 1. The Hall–Kier alpha value is -3.92. The Kier molecular flexibility index (Phi) is 10.9. The minimum Gasteiger partial charge on any atom is -0.497 e. The number of nitrogens with zero attached hydrogens (tertiary/aromatic N) is 2. The molecule has 0 aromatic heterocycles. The van der Waals surface area contributed by atoms with E-state index in [1.54, 1.807) is 0 Å². The molecule has 2 atom stereocenters. The van der Waals surface area contributed by atoms with Gasteiger partial charge in [-0.1, -0.05) is 43.7 Å². The van der Waals surface area contributed by atoms with Crippen molar-refractivity contribution in [3.05, 3.63) is 89.7 Å². The summed E-state index contributed by atoms with van der Waals surface area (Å²) in [7, 11) is -2.80. The summed E-state index contributed by atoms with van der Waals surface area (Å²) < 4.78 is 47.6. The summed E-state index contributed by atoms with van der Waals surface area (Å²) in [5.41, 5.74) is 1.95. The lowest BCUT2D eigenvalue weighted by Gasteiger charge is -2.33. The van der Waals surface area contributed by atoms with E-state index in [1.807, 2.05) is 52.0 Å². The van der Waals surface area contributed by atoms with Crippen molar-refractivity contribution in [1.82, 2.24) is 10.2 Å². The number of ether oxygens (including phenoxy) is 1. The lowest BCUT2D eigenvalue weighted by molar-refractivity contribution is -0.140. The van der Waals surface area contributed by atoms with E-state index < -0.39 is 34.3 Å². The van der Waals surface area contributed by atoms with Crippen LogP contribution in [0.1, 0.15) is 44.7 Å². The fraction of sp³-hybridized carbons (Fsp3) is 0.355. The minimum absolute atomic E-state index is 0.0675. The second-order valence-electron chi connectivity index (χ2n) is 9.91. The van der Waals surface area contributed by atoms with Crippen LogP contribution in [0.4, 0.5) is 10.1 Å². The maximum atomic E-state index is 14.0. The van der Waals surface area contributed by atoms with Gasteiger partial charge in [0.25, 0.3) is 10.0 Å². The number of carbonyl (C=O) groups is 2. The van der Waals surface area contributed by atoms with Crippen LogP contribution in [0.2, 0.25) is 0 Å². The molecule has 0 aliphatic rings. The number of aryl methyl sites for hydroxylation is 1. The van der Waals surface area contributed by atoms with E-state index in [9.17, 15) is 22.4 Å². The highest BCUT2D eigenvalue weighted by molar-refractivity contribution is 7.92. The van der Waals surface area contributed by atoms with E-state index in [1.165, 1.54) is 48.4 Å². The molecule has 0 bridgehead atoms. The molecule has 0 unspecified atom stereocenters. The first-order valence-corrected chi connectivity index (χ1v) is 15.0. The zero-order chi connectivity index (χ0) is 30.2. The zero-order valence-electron chi connectivity index (χ0n) is 24.1. The molecule has 10 heteroatoms. The molecule has 220 valence electrons. The molecule has 0 aliphatic carbocycles. The number of methoxy groups -OCH3 is 1. The van der Waals surface area contributed by atoms with Crippen LogP contribution in [0, 0.1) is 12.7 Å². The average molecular weight is 584 g/mol.